The van der Waals surface area contributed by atoms with Gasteiger partial charge in [-0.3, -0.25) is 4.98 Å². The lowest BCUT2D eigenvalue weighted by Crippen LogP contribution is -2.43. The molecule has 3 unspecified atom stereocenters. The van der Waals surface area contributed by atoms with Gasteiger partial charge >= 0.3 is 0 Å². The minimum absolute atomic E-state index is 0.301. The van der Waals surface area contributed by atoms with Crippen LogP contribution in [0.2, 0.25) is 18.1 Å². The molecule has 24 heavy (non-hydrogen) atoms. The van der Waals surface area contributed by atoms with E-state index in [0.717, 1.165) is 17.3 Å². The van der Waals surface area contributed by atoms with E-state index < -0.39 is 8.32 Å². The average molecular weight is 348 g/mol. The van der Waals surface area contributed by atoms with E-state index in [9.17, 15) is 0 Å². The predicted molar refractivity (Wildman–Crippen MR) is 102 cm³/mol. The molecular formula is C19H33N3OSi. The molecule has 1 aliphatic heterocycles. The van der Waals surface area contributed by atoms with Gasteiger partial charge in [-0.2, -0.15) is 0 Å². The summed E-state index contributed by atoms with van der Waals surface area (Å²) in [4.78, 5) is 4.45. The fourth-order valence-electron chi connectivity index (χ4n) is 3.57. The monoisotopic (exact) mass is 347 g/mol. The molecule has 2 aliphatic rings. The Labute approximate surface area is 147 Å². The zero-order chi connectivity index (χ0) is 17.5. The molecular weight excluding hydrogens is 314 g/mol. The Kier molecular flexibility index (Phi) is 4.79. The SMILES string of the molecule is CC(C)(C)[Si](C)(C)O[C@@H]1CCC(CC2NC2c2ccc(N)cn2)C1. The molecule has 3 rings (SSSR count). The minimum atomic E-state index is -1.63. The van der Waals surface area contributed by atoms with E-state index in [0.29, 0.717) is 23.2 Å². The third kappa shape index (κ3) is 4.01. The summed E-state index contributed by atoms with van der Waals surface area (Å²) in [6.45, 7) is 11.7. The third-order valence-electron chi connectivity index (χ3n) is 6.16. The third-order valence-corrected chi connectivity index (χ3v) is 10.7. The van der Waals surface area contributed by atoms with E-state index in [1.807, 2.05) is 12.1 Å². The number of nitrogens with zero attached hydrogens (tertiary/aromatic N) is 1. The van der Waals surface area contributed by atoms with Gasteiger partial charge in [0.05, 0.1) is 23.6 Å². The second-order valence-corrected chi connectivity index (χ2v) is 13.9. The molecule has 4 atom stereocenters. The molecule has 2 fully saturated rings. The summed E-state index contributed by atoms with van der Waals surface area (Å²) >= 11 is 0. The largest absolute Gasteiger partial charge is 0.414 e. The predicted octanol–water partition coefficient (Wildman–Crippen LogP) is 4.26. The van der Waals surface area contributed by atoms with Crippen molar-refractivity contribution in [2.75, 3.05) is 5.73 Å². The molecule has 1 aromatic heterocycles. The number of pyridine rings is 1. The highest BCUT2D eigenvalue weighted by molar-refractivity contribution is 6.74. The van der Waals surface area contributed by atoms with Gasteiger partial charge in [0.2, 0.25) is 0 Å². The number of nitrogen functional groups attached to an aromatic ring is 1. The maximum atomic E-state index is 6.61. The molecule has 0 aromatic carbocycles. The molecule has 4 nitrogen and oxygen atoms in total. The van der Waals surface area contributed by atoms with E-state index in [1.165, 1.54) is 25.7 Å². The minimum Gasteiger partial charge on any atom is -0.414 e. The van der Waals surface area contributed by atoms with Crippen LogP contribution in [0.3, 0.4) is 0 Å². The van der Waals surface area contributed by atoms with Crippen molar-refractivity contribution in [1.29, 1.82) is 0 Å². The summed E-state index contributed by atoms with van der Waals surface area (Å²) in [6.07, 6.45) is 7.24. The van der Waals surface area contributed by atoms with Gasteiger partial charge in [-0.15, -0.1) is 0 Å². The average Bonchev–Trinajstić information content (AvgIpc) is 3.09. The number of anilines is 1. The van der Waals surface area contributed by atoms with Crippen LogP contribution in [-0.2, 0) is 4.43 Å². The van der Waals surface area contributed by atoms with Gasteiger partial charge in [0.1, 0.15) is 0 Å². The van der Waals surface area contributed by atoms with E-state index in [4.69, 9.17) is 10.2 Å². The quantitative estimate of drug-likeness (QED) is 0.617. The summed E-state index contributed by atoms with van der Waals surface area (Å²) in [5.74, 6) is 0.788. The Morgan fingerprint density at radius 3 is 2.67 bits per heavy atom. The van der Waals surface area contributed by atoms with Crippen molar-refractivity contribution in [1.82, 2.24) is 10.3 Å². The van der Waals surface area contributed by atoms with Gasteiger partial charge in [0.25, 0.3) is 0 Å². The first kappa shape index (κ1) is 17.9. The van der Waals surface area contributed by atoms with Crippen LogP contribution < -0.4 is 11.1 Å². The molecule has 0 radical (unpaired) electrons. The van der Waals surface area contributed by atoms with Crippen molar-refractivity contribution in [2.24, 2.45) is 5.92 Å². The normalized spacial score (nSPS) is 30.5. The number of aromatic nitrogens is 1. The van der Waals surface area contributed by atoms with E-state index in [2.05, 4.69) is 44.2 Å². The second-order valence-electron chi connectivity index (χ2n) is 9.18. The first-order valence-electron chi connectivity index (χ1n) is 9.31. The molecule has 0 bridgehead atoms. The lowest BCUT2D eigenvalue weighted by atomic mass is 9.99. The molecule has 1 saturated carbocycles. The Hall–Kier alpha value is -0.913. The maximum Gasteiger partial charge on any atom is 0.192 e. The molecule has 1 saturated heterocycles. The van der Waals surface area contributed by atoms with Gasteiger partial charge in [0.15, 0.2) is 8.32 Å². The molecule has 0 amide bonds. The maximum absolute atomic E-state index is 6.61. The smallest absolute Gasteiger partial charge is 0.192 e. The molecule has 2 heterocycles. The zero-order valence-electron chi connectivity index (χ0n) is 15.8. The molecule has 3 N–H and O–H groups in total. The number of nitrogens with two attached hydrogens (primary N) is 1. The molecule has 0 spiro atoms. The van der Waals surface area contributed by atoms with Gasteiger partial charge in [-0.1, -0.05) is 20.8 Å². The highest BCUT2D eigenvalue weighted by Crippen LogP contribution is 2.43. The highest BCUT2D eigenvalue weighted by atomic mass is 28.4. The summed E-state index contributed by atoms with van der Waals surface area (Å²) in [5.41, 5.74) is 7.58. The van der Waals surface area contributed by atoms with Crippen molar-refractivity contribution >= 4 is 14.0 Å². The van der Waals surface area contributed by atoms with Crippen LogP contribution in [0, 0.1) is 5.92 Å². The van der Waals surface area contributed by atoms with Crippen molar-refractivity contribution in [3.63, 3.8) is 0 Å². The van der Waals surface area contributed by atoms with Gasteiger partial charge in [-0.25, -0.2) is 0 Å². The lowest BCUT2D eigenvalue weighted by Gasteiger charge is -2.38. The van der Waals surface area contributed by atoms with Crippen molar-refractivity contribution in [3.8, 4) is 0 Å². The molecule has 5 heteroatoms. The first-order valence-corrected chi connectivity index (χ1v) is 12.2. The van der Waals surface area contributed by atoms with Crippen LogP contribution in [0.1, 0.15) is 58.2 Å². The number of hydrogen-bond acceptors (Lipinski definition) is 4. The zero-order valence-corrected chi connectivity index (χ0v) is 16.8. The summed E-state index contributed by atoms with van der Waals surface area (Å²) < 4.78 is 6.61. The van der Waals surface area contributed by atoms with Crippen LogP contribution >= 0.6 is 0 Å². The Bertz CT molecular complexity index is 567. The van der Waals surface area contributed by atoms with E-state index in [-0.39, 0.29) is 0 Å². The second kappa shape index (κ2) is 6.43. The van der Waals surface area contributed by atoms with Crippen LogP contribution in [0.5, 0.6) is 0 Å². The van der Waals surface area contributed by atoms with Crippen molar-refractivity contribution in [2.45, 2.75) is 82.8 Å². The molecule has 1 aromatic rings. The topological polar surface area (TPSA) is 70.1 Å². The summed E-state index contributed by atoms with van der Waals surface area (Å²) in [7, 11) is -1.63. The van der Waals surface area contributed by atoms with Gasteiger partial charge in [-0.05, 0) is 61.9 Å². The Balaban J connectivity index is 1.47. The van der Waals surface area contributed by atoms with Crippen LogP contribution in [0.15, 0.2) is 18.3 Å². The molecule has 1 aliphatic carbocycles. The highest BCUT2D eigenvalue weighted by Gasteiger charge is 2.43. The van der Waals surface area contributed by atoms with Crippen molar-refractivity contribution < 1.29 is 4.43 Å². The van der Waals surface area contributed by atoms with Crippen LogP contribution in [0.25, 0.3) is 0 Å². The number of rotatable bonds is 5. The fraction of sp³-hybridized carbons (Fsp3) is 0.737. The summed E-state index contributed by atoms with van der Waals surface area (Å²) in [6, 6.07) is 4.99. The van der Waals surface area contributed by atoms with Gasteiger partial charge in [0, 0.05) is 12.1 Å². The standard InChI is InChI=1S/C19H33N3OSi/c1-19(2,3)24(4,5)23-15-8-6-13(10-15)11-17-18(22-17)16-9-7-14(20)12-21-16/h7,9,12-13,15,17-18,22H,6,8,10-11,20H2,1-5H3/t13?,15-,17?,18?/m1/s1. The van der Waals surface area contributed by atoms with Crippen LogP contribution in [-0.4, -0.2) is 25.4 Å². The lowest BCUT2D eigenvalue weighted by molar-refractivity contribution is 0.182. The van der Waals surface area contributed by atoms with E-state index in [1.54, 1.807) is 6.20 Å². The fourth-order valence-corrected chi connectivity index (χ4v) is 4.98. The summed E-state index contributed by atoms with van der Waals surface area (Å²) in [5, 5.41) is 3.88. The number of nitrogens with one attached hydrogen (secondary N) is 1. The van der Waals surface area contributed by atoms with E-state index >= 15 is 0 Å². The van der Waals surface area contributed by atoms with Crippen molar-refractivity contribution in [3.05, 3.63) is 24.0 Å². The van der Waals surface area contributed by atoms with Gasteiger partial charge < -0.3 is 15.5 Å². The number of hydrogen-bond donors (Lipinski definition) is 2. The Morgan fingerprint density at radius 2 is 2.04 bits per heavy atom. The Morgan fingerprint density at radius 1 is 1.29 bits per heavy atom. The first-order chi connectivity index (χ1) is 11.2. The molecule has 134 valence electrons. The van der Waals surface area contributed by atoms with Crippen LogP contribution in [0.4, 0.5) is 5.69 Å².